The Bertz CT molecular complexity index is 701. The van der Waals surface area contributed by atoms with Gasteiger partial charge in [0.1, 0.15) is 18.2 Å². The minimum Gasteiger partial charge on any atom is -0.480 e. The molecule has 29 heavy (non-hydrogen) atoms. The van der Waals surface area contributed by atoms with Crippen molar-refractivity contribution < 1.29 is 29.0 Å². The van der Waals surface area contributed by atoms with E-state index in [4.69, 9.17) is 9.47 Å². The third kappa shape index (κ3) is 8.01. The van der Waals surface area contributed by atoms with Gasteiger partial charge in [-0.2, -0.15) is 0 Å². The van der Waals surface area contributed by atoms with E-state index in [1.807, 2.05) is 30.3 Å². The number of hydrogen-bond acceptors (Lipinski definition) is 5. The van der Waals surface area contributed by atoms with Crippen LogP contribution in [0.4, 0.5) is 9.59 Å². The van der Waals surface area contributed by atoms with Gasteiger partial charge >= 0.3 is 18.2 Å². The molecule has 2 amide bonds. The monoisotopic (exact) mass is 406 g/mol. The van der Waals surface area contributed by atoms with Crippen molar-refractivity contribution in [1.82, 2.24) is 10.2 Å². The molecule has 8 nitrogen and oxygen atoms in total. The Morgan fingerprint density at radius 1 is 1.24 bits per heavy atom. The van der Waals surface area contributed by atoms with Crippen LogP contribution in [0.15, 0.2) is 30.3 Å². The van der Waals surface area contributed by atoms with Gasteiger partial charge in [0, 0.05) is 13.1 Å². The zero-order valence-electron chi connectivity index (χ0n) is 17.2. The van der Waals surface area contributed by atoms with E-state index in [0.29, 0.717) is 13.1 Å². The number of nitrogens with zero attached hydrogens (tertiary/aromatic N) is 1. The minimum atomic E-state index is -1.13. The summed E-state index contributed by atoms with van der Waals surface area (Å²) in [6, 6.07) is 8.06. The number of alkyl carbamates (subject to hydrolysis) is 1. The molecule has 1 aromatic carbocycles. The van der Waals surface area contributed by atoms with Crippen LogP contribution >= 0.6 is 0 Å². The van der Waals surface area contributed by atoms with E-state index >= 15 is 0 Å². The number of piperidine rings is 1. The maximum Gasteiger partial charge on any atom is 0.410 e. The maximum absolute atomic E-state index is 12.3. The summed E-state index contributed by atoms with van der Waals surface area (Å²) in [4.78, 5) is 37.5. The highest BCUT2D eigenvalue weighted by molar-refractivity contribution is 5.79. The molecule has 0 bridgehead atoms. The van der Waals surface area contributed by atoms with Crippen LogP contribution in [0.2, 0.25) is 0 Å². The number of carbonyl (C=O) groups excluding carboxylic acids is 2. The summed E-state index contributed by atoms with van der Waals surface area (Å²) in [5.74, 6) is -1.18. The zero-order valence-corrected chi connectivity index (χ0v) is 17.2. The summed E-state index contributed by atoms with van der Waals surface area (Å²) in [6.45, 7) is 6.46. The van der Waals surface area contributed by atoms with Gasteiger partial charge in [0.05, 0.1) is 0 Å². The summed E-state index contributed by atoms with van der Waals surface area (Å²) < 4.78 is 10.5. The first-order chi connectivity index (χ1) is 13.6. The Morgan fingerprint density at radius 2 is 1.93 bits per heavy atom. The lowest BCUT2D eigenvalue weighted by molar-refractivity contribution is -0.140. The fourth-order valence-corrected chi connectivity index (χ4v) is 3.21. The van der Waals surface area contributed by atoms with Gasteiger partial charge in [0.25, 0.3) is 0 Å². The maximum atomic E-state index is 12.3. The SMILES string of the molecule is CC(C)(C)OC(=O)N1CCC[C@H](C[C@H](NC(=O)OCc2ccccc2)C(=O)O)C1. The van der Waals surface area contributed by atoms with Crippen LogP contribution in [0.1, 0.15) is 45.6 Å². The predicted molar refractivity (Wildman–Crippen MR) is 106 cm³/mol. The summed E-state index contributed by atoms with van der Waals surface area (Å²) in [5, 5.41) is 11.9. The third-order valence-electron chi connectivity index (χ3n) is 4.54. The summed E-state index contributed by atoms with van der Waals surface area (Å²) in [5.41, 5.74) is 0.229. The van der Waals surface area contributed by atoms with Gasteiger partial charge in [-0.3, -0.25) is 0 Å². The number of benzene rings is 1. The van der Waals surface area contributed by atoms with Gasteiger partial charge in [-0.15, -0.1) is 0 Å². The zero-order chi connectivity index (χ0) is 21.4. The summed E-state index contributed by atoms with van der Waals surface area (Å²) in [7, 11) is 0. The summed E-state index contributed by atoms with van der Waals surface area (Å²) in [6.07, 6.45) is 0.582. The Morgan fingerprint density at radius 3 is 2.55 bits per heavy atom. The van der Waals surface area contributed by atoms with Crippen LogP contribution in [0.3, 0.4) is 0 Å². The first-order valence-corrected chi connectivity index (χ1v) is 9.82. The molecule has 2 N–H and O–H groups in total. The molecule has 0 aliphatic carbocycles. The minimum absolute atomic E-state index is 0.0493. The second-order valence-electron chi connectivity index (χ2n) is 8.27. The second kappa shape index (κ2) is 10.1. The van der Waals surface area contributed by atoms with E-state index in [1.165, 1.54) is 0 Å². The number of carbonyl (C=O) groups is 3. The molecule has 160 valence electrons. The number of rotatable bonds is 6. The highest BCUT2D eigenvalue weighted by Gasteiger charge is 2.31. The number of carboxylic acid groups (broad SMARTS) is 1. The van der Waals surface area contributed by atoms with Crippen LogP contribution in [0.5, 0.6) is 0 Å². The molecule has 0 aromatic heterocycles. The molecule has 1 aliphatic heterocycles. The van der Waals surface area contributed by atoms with Crippen molar-refractivity contribution in [3.8, 4) is 0 Å². The van der Waals surface area contributed by atoms with Crippen molar-refractivity contribution in [2.45, 2.75) is 58.3 Å². The first-order valence-electron chi connectivity index (χ1n) is 9.82. The van der Waals surface area contributed by atoms with Crippen molar-refractivity contribution >= 4 is 18.2 Å². The lowest BCUT2D eigenvalue weighted by Crippen LogP contribution is -2.47. The van der Waals surface area contributed by atoms with Gasteiger partial charge in [0.2, 0.25) is 0 Å². The van der Waals surface area contributed by atoms with Crippen molar-refractivity contribution in [3.05, 3.63) is 35.9 Å². The lowest BCUT2D eigenvalue weighted by Gasteiger charge is -2.35. The van der Waals surface area contributed by atoms with Crippen LogP contribution in [-0.2, 0) is 20.9 Å². The first kappa shape index (κ1) is 22.5. The quantitative estimate of drug-likeness (QED) is 0.750. The molecule has 0 unspecified atom stereocenters. The number of hydrogen-bond donors (Lipinski definition) is 2. The number of carboxylic acids is 1. The molecular weight excluding hydrogens is 376 g/mol. The fourth-order valence-electron chi connectivity index (χ4n) is 3.21. The smallest absolute Gasteiger partial charge is 0.410 e. The fraction of sp³-hybridized carbons (Fsp3) is 0.571. The number of aliphatic carboxylic acids is 1. The molecule has 1 aromatic rings. The van der Waals surface area contributed by atoms with Gasteiger partial charge < -0.3 is 24.8 Å². The largest absolute Gasteiger partial charge is 0.480 e. The number of amides is 2. The molecule has 1 aliphatic rings. The average Bonchev–Trinajstić information content (AvgIpc) is 2.65. The molecule has 0 spiro atoms. The molecule has 1 saturated heterocycles. The second-order valence-corrected chi connectivity index (χ2v) is 8.27. The molecular formula is C21H30N2O6. The molecule has 0 saturated carbocycles. The van der Waals surface area contributed by atoms with Crippen molar-refractivity contribution in [2.75, 3.05) is 13.1 Å². The van der Waals surface area contributed by atoms with E-state index in [0.717, 1.165) is 18.4 Å². The van der Waals surface area contributed by atoms with Crippen molar-refractivity contribution in [1.29, 1.82) is 0 Å². The van der Waals surface area contributed by atoms with Crippen LogP contribution < -0.4 is 5.32 Å². The third-order valence-corrected chi connectivity index (χ3v) is 4.54. The highest BCUT2D eigenvalue weighted by atomic mass is 16.6. The summed E-state index contributed by atoms with van der Waals surface area (Å²) >= 11 is 0. The molecule has 8 heteroatoms. The Balaban J connectivity index is 1.86. The van der Waals surface area contributed by atoms with E-state index in [1.54, 1.807) is 25.7 Å². The van der Waals surface area contributed by atoms with Gasteiger partial charge in [-0.05, 0) is 51.5 Å². The predicted octanol–water partition coefficient (Wildman–Crippen LogP) is 3.40. The normalized spacial score (nSPS) is 17.9. The average molecular weight is 406 g/mol. The molecule has 0 radical (unpaired) electrons. The molecule has 2 rings (SSSR count). The van der Waals surface area contributed by atoms with E-state index in [-0.39, 0.29) is 18.9 Å². The highest BCUT2D eigenvalue weighted by Crippen LogP contribution is 2.23. The Kier molecular flexibility index (Phi) is 7.87. The van der Waals surface area contributed by atoms with Crippen LogP contribution in [0, 0.1) is 5.92 Å². The van der Waals surface area contributed by atoms with Crippen LogP contribution in [0.25, 0.3) is 0 Å². The Hall–Kier alpha value is -2.77. The number of ether oxygens (including phenoxy) is 2. The van der Waals surface area contributed by atoms with Gasteiger partial charge in [-0.1, -0.05) is 30.3 Å². The lowest BCUT2D eigenvalue weighted by atomic mass is 9.91. The van der Waals surface area contributed by atoms with Crippen molar-refractivity contribution in [3.63, 3.8) is 0 Å². The van der Waals surface area contributed by atoms with E-state index in [9.17, 15) is 19.5 Å². The molecule has 1 fully saturated rings. The van der Waals surface area contributed by atoms with Crippen LogP contribution in [-0.4, -0.2) is 52.9 Å². The topological polar surface area (TPSA) is 105 Å². The van der Waals surface area contributed by atoms with E-state index < -0.39 is 29.8 Å². The molecule has 1 heterocycles. The number of nitrogens with one attached hydrogen (secondary N) is 1. The number of likely N-dealkylation sites (tertiary alicyclic amines) is 1. The van der Waals surface area contributed by atoms with Gasteiger partial charge in [-0.25, -0.2) is 14.4 Å². The van der Waals surface area contributed by atoms with Gasteiger partial charge in [0.15, 0.2) is 0 Å². The molecule has 2 atom stereocenters. The standard InChI is InChI=1S/C21H30N2O6/c1-21(2,3)29-20(27)23-11-7-10-16(13-23)12-17(18(24)25)22-19(26)28-14-15-8-5-4-6-9-15/h4-6,8-9,16-17H,7,10-14H2,1-3H3,(H,22,26)(H,24,25)/t16-,17+/m1/s1. The van der Waals surface area contributed by atoms with Crippen molar-refractivity contribution in [2.24, 2.45) is 5.92 Å². The Labute approximate surface area is 171 Å². The van der Waals surface area contributed by atoms with E-state index in [2.05, 4.69) is 5.32 Å².